The number of benzene rings is 1. The standard InChI is InChI=1S/C14H16N4O3/c1-2-16-13(9-6-7-9)12(15)14(19)17(16)10-4-3-5-11(8-10)18(20)21/h3-5,8-9H,2,6-7,15H2,1H3. The molecule has 1 aliphatic rings. The largest absolute Gasteiger partial charge is 0.393 e. The van der Waals surface area contributed by atoms with E-state index in [9.17, 15) is 14.9 Å². The van der Waals surface area contributed by atoms with Gasteiger partial charge in [-0.05, 0) is 25.8 Å². The van der Waals surface area contributed by atoms with Crippen molar-refractivity contribution in [1.29, 1.82) is 0 Å². The predicted octanol–water partition coefficient (Wildman–Crippen LogP) is 2.03. The summed E-state index contributed by atoms with van der Waals surface area (Å²) in [7, 11) is 0. The van der Waals surface area contributed by atoms with Crippen LogP contribution in [0.3, 0.4) is 0 Å². The summed E-state index contributed by atoms with van der Waals surface area (Å²) >= 11 is 0. The Morgan fingerprint density at radius 1 is 1.43 bits per heavy atom. The van der Waals surface area contributed by atoms with E-state index in [1.807, 2.05) is 11.6 Å². The summed E-state index contributed by atoms with van der Waals surface area (Å²) in [6.45, 7) is 2.51. The molecule has 0 unspecified atom stereocenters. The lowest BCUT2D eigenvalue weighted by Crippen LogP contribution is -2.22. The van der Waals surface area contributed by atoms with Crippen LogP contribution in [0, 0.1) is 10.1 Å². The highest BCUT2D eigenvalue weighted by molar-refractivity contribution is 5.50. The highest BCUT2D eigenvalue weighted by atomic mass is 16.6. The fourth-order valence-electron chi connectivity index (χ4n) is 2.67. The maximum Gasteiger partial charge on any atom is 0.294 e. The number of nitrogen functional groups attached to an aromatic ring is 1. The number of nitro benzene ring substituents is 1. The first kappa shape index (κ1) is 13.4. The SMILES string of the molecule is CCn1c(C2CC2)c(N)c(=O)n1-c1cccc([N+](=O)[O-])c1. The molecule has 0 radical (unpaired) electrons. The molecule has 1 aliphatic carbocycles. The third-order valence-corrected chi connectivity index (χ3v) is 3.77. The van der Waals surface area contributed by atoms with Gasteiger partial charge in [-0.3, -0.25) is 19.6 Å². The predicted molar refractivity (Wildman–Crippen MR) is 78.7 cm³/mol. The van der Waals surface area contributed by atoms with Crippen molar-refractivity contribution in [2.24, 2.45) is 0 Å². The van der Waals surface area contributed by atoms with Gasteiger partial charge >= 0.3 is 0 Å². The zero-order valence-corrected chi connectivity index (χ0v) is 11.7. The molecule has 110 valence electrons. The number of anilines is 1. The van der Waals surface area contributed by atoms with Gasteiger partial charge in [0.25, 0.3) is 11.2 Å². The summed E-state index contributed by atoms with van der Waals surface area (Å²) in [6.07, 6.45) is 2.06. The van der Waals surface area contributed by atoms with E-state index in [0.717, 1.165) is 18.5 Å². The van der Waals surface area contributed by atoms with Crippen molar-refractivity contribution in [2.75, 3.05) is 5.73 Å². The maximum absolute atomic E-state index is 12.4. The molecule has 0 amide bonds. The van der Waals surface area contributed by atoms with Crippen molar-refractivity contribution >= 4 is 11.4 Å². The summed E-state index contributed by atoms with van der Waals surface area (Å²) in [5, 5.41) is 10.9. The van der Waals surface area contributed by atoms with E-state index in [0.29, 0.717) is 18.2 Å². The van der Waals surface area contributed by atoms with Crippen LogP contribution in [0.15, 0.2) is 29.1 Å². The van der Waals surface area contributed by atoms with E-state index >= 15 is 0 Å². The number of hydrogen-bond acceptors (Lipinski definition) is 4. The quantitative estimate of drug-likeness (QED) is 0.687. The number of nitrogens with zero attached hydrogens (tertiary/aromatic N) is 3. The van der Waals surface area contributed by atoms with Crippen molar-refractivity contribution in [3.63, 3.8) is 0 Å². The molecule has 0 atom stereocenters. The summed E-state index contributed by atoms with van der Waals surface area (Å²) in [4.78, 5) is 22.9. The Bertz CT molecular complexity index is 771. The Balaban J connectivity index is 2.23. The molecule has 7 nitrogen and oxygen atoms in total. The molecule has 1 fully saturated rings. The van der Waals surface area contributed by atoms with E-state index in [-0.39, 0.29) is 16.9 Å². The van der Waals surface area contributed by atoms with Crippen molar-refractivity contribution in [2.45, 2.75) is 32.2 Å². The maximum atomic E-state index is 12.4. The van der Waals surface area contributed by atoms with Gasteiger partial charge in [-0.2, -0.15) is 0 Å². The number of non-ortho nitro benzene ring substituents is 1. The first-order valence-corrected chi connectivity index (χ1v) is 6.90. The monoisotopic (exact) mass is 288 g/mol. The van der Waals surface area contributed by atoms with E-state index in [2.05, 4.69) is 0 Å². The van der Waals surface area contributed by atoms with Crippen LogP contribution < -0.4 is 11.3 Å². The fraction of sp³-hybridized carbons (Fsp3) is 0.357. The molecular formula is C14H16N4O3. The van der Waals surface area contributed by atoms with Gasteiger partial charge in [0, 0.05) is 24.6 Å². The second-order valence-corrected chi connectivity index (χ2v) is 5.18. The van der Waals surface area contributed by atoms with Crippen LogP contribution in [0.5, 0.6) is 0 Å². The smallest absolute Gasteiger partial charge is 0.294 e. The molecule has 0 bridgehead atoms. The molecular weight excluding hydrogens is 272 g/mol. The molecule has 0 spiro atoms. The summed E-state index contributed by atoms with van der Waals surface area (Å²) in [5.74, 6) is 0.331. The second-order valence-electron chi connectivity index (χ2n) is 5.18. The zero-order chi connectivity index (χ0) is 15.1. The molecule has 21 heavy (non-hydrogen) atoms. The van der Waals surface area contributed by atoms with Gasteiger partial charge in [-0.1, -0.05) is 6.07 Å². The highest BCUT2D eigenvalue weighted by Gasteiger charge is 2.32. The lowest BCUT2D eigenvalue weighted by atomic mass is 10.2. The number of nitro groups is 1. The minimum atomic E-state index is -0.473. The first-order chi connectivity index (χ1) is 10.0. The molecule has 0 aliphatic heterocycles. The molecule has 2 N–H and O–H groups in total. The zero-order valence-electron chi connectivity index (χ0n) is 11.7. The van der Waals surface area contributed by atoms with Crippen molar-refractivity contribution in [3.8, 4) is 5.69 Å². The number of rotatable bonds is 4. The molecule has 1 aromatic heterocycles. The van der Waals surface area contributed by atoms with E-state index in [4.69, 9.17) is 5.73 Å². The summed E-state index contributed by atoms with van der Waals surface area (Å²) in [6, 6.07) is 6.04. The van der Waals surface area contributed by atoms with Crippen molar-refractivity contribution in [3.05, 3.63) is 50.4 Å². The molecule has 1 aromatic carbocycles. The first-order valence-electron chi connectivity index (χ1n) is 6.90. The minimum Gasteiger partial charge on any atom is -0.393 e. The van der Waals surface area contributed by atoms with Crippen LogP contribution >= 0.6 is 0 Å². The average molecular weight is 288 g/mol. The third-order valence-electron chi connectivity index (χ3n) is 3.77. The van der Waals surface area contributed by atoms with Crippen LogP contribution in [0.2, 0.25) is 0 Å². The molecule has 7 heteroatoms. The molecule has 0 saturated heterocycles. The molecule has 1 heterocycles. The van der Waals surface area contributed by atoms with Gasteiger partial charge in [-0.25, -0.2) is 4.68 Å². The Hall–Kier alpha value is -2.57. The van der Waals surface area contributed by atoms with E-state index < -0.39 is 4.92 Å². The van der Waals surface area contributed by atoms with Crippen LogP contribution in [-0.4, -0.2) is 14.3 Å². The Labute approximate surface area is 120 Å². The van der Waals surface area contributed by atoms with Crippen LogP contribution in [0.4, 0.5) is 11.4 Å². The average Bonchev–Trinajstić information content (AvgIpc) is 3.27. The summed E-state index contributed by atoms with van der Waals surface area (Å²) in [5.41, 5.74) is 7.19. The van der Waals surface area contributed by atoms with Crippen molar-refractivity contribution in [1.82, 2.24) is 9.36 Å². The van der Waals surface area contributed by atoms with Gasteiger partial charge in [0.1, 0.15) is 5.69 Å². The van der Waals surface area contributed by atoms with E-state index in [1.165, 1.54) is 16.8 Å². The Kier molecular flexibility index (Phi) is 3.04. The lowest BCUT2D eigenvalue weighted by Gasteiger charge is -2.12. The van der Waals surface area contributed by atoms with Crippen molar-refractivity contribution < 1.29 is 4.92 Å². The molecule has 3 rings (SSSR count). The minimum absolute atomic E-state index is 0.0465. The topological polar surface area (TPSA) is 96.1 Å². The van der Waals surface area contributed by atoms with Gasteiger partial charge in [0.2, 0.25) is 0 Å². The lowest BCUT2D eigenvalue weighted by molar-refractivity contribution is -0.384. The Morgan fingerprint density at radius 3 is 2.71 bits per heavy atom. The van der Waals surface area contributed by atoms with Gasteiger partial charge in [0.15, 0.2) is 0 Å². The van der Waals surface area contributed by atoms with Gasteiger partial charge in [0.05, 0.1) is 16.3 Å². The van der Waals surface area contributed by atoms with Gasteiger partial charge in [-0.15, -0.1) is 0 Å². The fourth-order valence-corrected chi connectivity index (χ4v) is 2.67. The third kappa shape index (κ3) is 2.10. The van der Waals surface area contributed by atoms with Crippen LogP contribution in [-0.2, 0) is 6.54 Å². The highest BCUT2D eigenvalue weighted by Crippen LogP contribution is 2.42. The van der Waals surface area contributed by atoms with E-state index in [1.54, 1.807) is 12.1 Å². The Morgan fingerprint density at radius 2 is 2.14 bits per heavy atom. The normalized spacial score (nSPS) is 14.3. The molecule has 1 saturated carbocycles. The second kappa shape index (κ2) is 4.76. The van der Waals surface area contributed by atoms with Gasteiger partial charge < -0.3 is 5.73 Å². The molecule has 2 aromatic rings. The number of hydrogen-bond donors (Lipinski definition) is 1. The summed E-state index contributed by atoms with van der Waals surface area (Å²) < 4.78 is 3.27. The van der Waals surface area contributed by atoms with Crippen LogP contribution in [0.1, 0.15) is 31.4 Å². The number of nitrogens with two attached hydrogens (primary N) is 1. The number of aromatic nitrogens is 2. The van der Waals surface area contributed by atoms with Crippen LogP contribution in [0.25, 0.3) is 5.69 Å².